The van der Waals surface area contributed by atoms with Crippen LogP contribution in [0, 0.1) is 12.3 Å². The second-order valence-corrected chi connectivity index (χ2v) is 7.25. The van der Waals surface area contributed by atoms with Crippen molar-refractivity contribution in [3.63, 3.8) is 0 Å². The van der Waals surface area contributed by atoms with E-state index in [2.05, 4.69) is 30.8 Å². The molecule has 2 N–H and O–H groups in total. The van der Waals surface area contributed by atoms with Gasteiger partial charge in [-0.2, -0.15) is 5.10 Å². The Morgan fingerprint density at radius 1 is 1.26 bits per heavy atom. The molecule has 140 valence electrons. The lowest BCUT2D eigenvalue weighted by Gasteiger charge is -2.15. The highest BCUT2D eigenvalue weighted by Gasteiger charge is 2.22. The smallest absolute Gasteiger partial charge is 0.277 e. The van der Waals surface area contributed by atoms with Crippen molar-refractivity contribution in [1.82, 2.24) is 30.2 Å². The van der Waals surface area contributed by atoms with Gasteiger partial charge in [-0.3, -0.25) is 14.7 Å². The van der Waals surface area contributed by atoms with Crippen LogP contribution in [-0.2, 0) is 11.3 Å². The van der Waals surface area contributed by atoms with Crippen molar-refractivity contribution < 1.29 is 9.59 Å². The monoisotopic (exact) mass is 367 g/mol. The number of hydrogen-bond donors (Lipinski definition) is 2. The molecule has 0 fully saturated rings. The van der Waals surface area contributed by atoms with E-state index in [1.807, 2.05) is 33.8 Å². The minimum absolute atomic E-state index is 0.00820. The number of ketones is 1. The number of aromatic amines is 1. The standard InChI is InChI=1S/C18H21N7O2/c1-11-19-16(23-21-11)12-6-5-7-13(8-12)20-17(27)14-9-25(24-22-14)10-15(26)18(2,3)4/h5-9H,10H2,1-4H3,(H,20,27)(H,19,21,23). The van der Waals surface area contributed by atoms with Crippen LogP contribution in [0.4, 0.5) is 5.69 Å². The lowest BCUT2D eigenvalue weighted by atomic mass is 9.91. The topological polar surface area (TPSA) is 118 Å². The number of amides is 1. The predicted octanol–water partition coefficient (Wildman–Crippen LogP) is 2.24. The molecule has 9 heteroatoms. The first-order valence-corrected chi connectivity index (χ1v) is 8.46. The number of carbonyl (C=O) groups is 2. The maximum Gasteiger partial charge on any atom is 0.277 e. The van der Waals surface area contributed by atoms with E-state index in [1.54, 1.807) is 18.2 Å². The molecule has 0 aliphatic heterocycles. The van der Waals surface area contributed by atoms with E-state index >= 15 is 0 Å². The number of hydrogen-bond acceptors (Lipinski definition) is 6. The van der Waals surface area contributed by atoms with Crippen LogP contribution in [-0.4, -0.2) is 41.9 Å². The van der Waals surface area contributed by atoms with Crippen molar-refractivity contribution in [2.75, 3.05) is 5.32 Å². The molecule has 3 rings (SSSR count). The summed E-state index contributed by atoms with van der Waals surface area (Å²) >= 11 is 0. The molecular formula is C18H21N7O2. The van der Waals surface area contributed by atoms with Crippen LogP contribution < -0.4 is 5.32 Å². The molecule has 0 atom stereocenters. The largest absolute Gasteiger partial charge is 0.321 e. The summed E-state index contributed by atoms with van der Waals surface area (Å²) in [4.78, 5) is 28.8. The van der Waals surface area contributed by atoms with Gasteiger partial charge in [0.1, 0.15) is 12.4 Å². The molecule has 0 bridgehead atoms. The fourth-order valence-corrected chi connectivity index (χ4v) is 2.27. The third kappa shape index (κ3) is 4.43. The molecule has 0 spiro atoms. The third-order valence-electron chi connectivity index (χ3n) is 3.89. The third-order valence-corrected chi connectivity index (χ3v) is 3.89. The van der Waals surface area contributed by atoms with E-state index in [4.69, 9.17) is 0 Å². The number of carbonyl (C=O) groups excluding carboxylic acids is 2. The SMILES string of the molecule is Cc1nc(-c2cccc(NC(=O)c3cn(CC(=O)C(C)(C)C)nn3)c2)n[nH]1. The summed E-state index contributed by atoms with van der Waals surface area (Å²) in [6.45, 7) is 7.40. The second-order valence-electron chi connectivity index (χ2n) is 7.25. The summed E-state index contributed by atoms with van der Waals surface area (Å²) < 4.78 is 1.37. The van der Waals surface area contributed by atoms with E-state index in [0.29, 0.717) is 17.3 Å². The van der Waals surface area contributed by atoms with Gasteiger partial charge in [-0.15, -0.1) is 5.10 Å². The van der Waals surface area contributed by atoms with Gasteiger partial charge in [0.15, 0.2) is 17.3 Å². The lowest BCUT2D eigenvalue weighted by Crippen LogP contribution is -2.25. The van der Waals surface area contributed by atoms with Crippen LogP contribution in [0.3, 0.4) is 0 Å². The average molecular weight is 367 g/mol. The first kappa shape index (κ1) is 18.4. The van der Waals surface area contributed by atoms with E-state index in [1.165, 1.54) is 10.9 Å². The Bertz CT molecular complexity index is 982. The Morgan fingerprint density at radius 2 is 2.04 bits per heavy atom. The van der Waals surface area contributed by atoms with Crippen LogP contribution in [0.25, 0.3) is 11.4 Å². The van der Waals surface area contributed by atoms with Gasteiger partial charge < -0.3 is 5.32 Å². The maximum atomic E-state index is 12.4. The molecule has 0 unspecified atom stereocenters. The number of aryl methyl sites for hydroxylation is 1. The highest BCUT2D eigenvalue weighted by molar-refractivity contribution is 6.02. The molecule has 9 nitrogen and oxygen atoms in total. The van der Waals surface area contributed by atoms with Crippen LogP contribution in [0.1, 0.15) is 37.1 Å². The quantitative estimate of drug-likeness (QED) is 0.714. The van der Waals surface area contributed by atoms with Gasteiger partial charge in [0.25, 0.3) is 5.91 Å². The Hall–Kier alpha value is -3.36. The van der Waals surface area contributed by atoms with Crippen molar-refractivity contribution in [3.05, 3.63) is 42.0 Å². The fraction of sp³-hybridized carbons (Fsp3) is 0.333. The van der Waals surface area contributed by atoms with Gasteiger partial charge in [0.2, 0.25) is 0 Å². The number of H-pyrrole nitrogens is 1. The van der Waals surface area contributed by atoms with Crippen molar-refractivity contribution >= 4 is 17.4 Å². The molecule has 0 radical (unpaired) electrons. The van der Waals surface area contributed by atoms with E-state index in [0.717, 1.165) is 5.56 Å². The predicted molar refractivity (Wildman–Crippen MR) is 99.0 cm³/mol. The first-order valence-electron chi connectivity index (χ1n) is 8.46. The highest BCUT2D eigenvalue weighted by atomic mass is 16.2. The number of Topliss-reactive ketones (excluding diaryl/α,β-unsaturated/α-hetero) is 1. The van der Waals surface area contributed by atoms with E-state index < -0.39 is 11.3 Å². The number of benzene rings is 1. The van der Waals surface area contributed by atoms with Crippen LogP contribution >= 0.6 is 0 Å². The molecule has 1 aromatic carbocycles. The summed E-state index contributed by atoms with van der Waals surface area (Å²) in [5.41, 5.74) is 1.01. The Labute approximate surface area is 156 Å². The number of anilines is 1. The zero-order chi connectivity index (χ0) is 19.6. The second kappa shape index (κ2) is 7.10. The van der Waals surface area contributed by atoms with Crippen molar-refractivity contribution in [1.29, 1.82) is 0 Å². The minimum Gasteiger partial charge on any atom is -0.321 e. The molecule has 27 heavy (non-hydrogen) atoms. The van der Waals surface area contributed by atoms with Crippen LogP contribution in [0.15, 0.2) is 30.5 Å². The zero-order valence-electron chi connectivity index (χ0n) is 15.6. The van der Waals surface area contributed by atoms with Crippen molar-refractivity contribution in [2.45, 2.75) is 34.2 Å². The van der Waals surface area contributed by atoms with Gasteiger partial charge in [-0.05, 0) is 19.1 Å². The Balaban J connectivity index is 1.70. The molecule has 0 aliphatic rings. The Kier molecular flexibility index (Phi) is 4.85. The fourth-order valence-electron chi connectivity index (χ4n) is 2.27. The zero-order valence-corrected chi connectivity index (χ0v) is 15.6. The van der Waals surface area contributed by atoms with Crippen molar-refractivity contribution in [2.24, 2.45) is 5.41 Å². The molecule has 2 aromatic heterocycles. The number of rotatable bonds is 5. The van der Waals surface area contributed by atoms with Crippen LogP contribution in [0.2, 0.25) is 0 Å². The average Bonchev–Trinajstić information content (AvgIpc) is 3.23. The molecule has 0 saturated carbocycles. The van der Waals surface area contributed by atoms with E-state index in [-0.39, 0.29) is 18.0 Å². The summed E-state index contributed by atoms with van der Waals surface area (Å²) in [5, 5.41) is 17.4. The van der Waals surface area contributed by atoms with Gasteiger partial charge in [0.05, 0.1) is 6.20 Å². The van der Waals surface area contributed by atoms with Gasteiger partial charge in [0, 0.05) is 16.7 Å². The summed E-state index contributed by atoms with van der Waals surface area (Å²) in [6.07, 6.45) is 1.46. The van der Waals surface area contributed by atoms with Crippen molar-refractivity contribution in [3.8, 4) is 11.4 Å². The lowest BCUT2D eigenvalue weighted by molar-refractivity contribution is -0.127. The molecule has 0 saturated heterocycles. The Morgan fingerprint density at radius 3 is 2.70 bits per heavy atom. The van der Waals surface area contributed by atoms with Crippen LogP contribution in [0.5, 0.6) is 0 Å². The number of nitrogens with zero attached hydrogens (tertiary/aromatic N) is 5. The summed E-state index contributed by atoms with van der Waals surface area (Å²) in [6, 6.07) is 7.19. The first-order chi connectivity index (χ1) is 12.7. The number of nitrogens with one attached hydrogen (secondary N) is 2. The number of aromatic nitrogens is 6. The van der Waals surface area contributed by atoms with Gasteiger partial charge in [-0.1, -0.05) is 38.1 Å². The maximum absolute atomic E-state index is 12.4. The molecular weight excluding hydrogens is 346 g/mol. The molecule has 0 aliphatic carbocycles. The van der Waals surface area contributed by atoms with E-state index in [9.17, 15) is 9.59 Å². The molecule has 3 aromatic rings. The summed E-state index contributed by atoms with van der Waals surface area (Å²) in [7, 11) is 0. The van der Waals surface area contributed by atoms with Gasteiger partial charge >= 0.3 is 0 Å². The molecule has 1 amide bonds. The molecule has 2 heterocycles. The minimum atomic E-state index is -0.479. The summed E-state index contributed by atoms with van der Waals surface area (Å²) in [5.74, 6) is 0.859. The van der Waals surface area contributed by atoms with Gasteiger partial charge in [-0.25, -0.2) is 9.67 Å². The normalized spacial score (nSPS) is 11.4. The highest BCUT2D eigenvalue weighted by Crippen LogP contribution is 2.20.